The van der Waals surface area contributed by atoms with E-state index in [9.17, 15) is 4.79 Å². The van der Waals surface area contributed by atoms with Crippen molar-refractivity contribution in [2.45, 2.75) is 25.2 Å². The third kappa shape index (κ3) is 2.06. The fourth-order valence-corrected chi connectivity index (χ4v) is 1.99. The van der Waals surface area contributed by atoms with Gasteiger partial charge in [0, 0.05) is 13.0 Å². The van der Waals surface area contributed by atoms with Gasteiger partial charge in [-0.15, -0.1) is 0 Å². The van der Waals surface area contributed by atoms with E-state index in [1.165, 1.54) is 5.56 Å². The second-order valence-corrected chi connectivity index (χ2v) is 4.01. The van der Waals surface area contributed by atoms with Crippen molar-refractivity contribution in [1.82, 2.24) is 5.32 Å². The third-order valence-electron chi connectivity index (χ3n) is 2.94. The number of nitrogens with one attached hydrogen (secondary N) is 1. The number of nitrogens with zero attached hydrogens (tertiary/aromatic N) is 1. The quantitative estimate of drug-likeness (QED) is 0.776. The molecule has 1 unspecified atom stereocenters. The Morgan fingerprint density at radius 2 is 2.31 bits per heavy atom. The lowest BCUT2D eigenvalue weighted by atomic mass is 9.77. The zero-order valence-electron chi connectivity index (χ0n) is 9.07. The maximum absolute atomic E-state index is 11.8. The van der Waals surface area contributed by atoms with Crippen molar-refractivity contribution >= 4 is 5.91 Å². The van der Waals surface area contributed by atoms with Crippen LogP contribution in [0.3, 0.4) is 0 Å². The highest BCUT2D eigenvalue weighted by molar-refractivity contribution is 5.86. The van der Waals surface area contributed by atoms with Crippen molar-refractivity contribution in [2.24, 2.45) is 0 Å². The van der Waals surface area contributed by atoms with Crippen LogP contribution in [-0.4, -0.2) is 12.5 Å². The van der Waals surface area contributed by atoms with Crippen LogP contribution in [0, 0.1) is 11.3 Å². The molecule has 0 fully saturated rings. The third-order valence-corrected chi connectivity index (χ3v) is 2.94. The summed E-state index contributed by atoms with van der Waals surface area (Å²) in [5, 5.41) is 11.2. The lowest BCUT2D eigenvalue weighted by molar-refractivity contribution is -0.123. The van der Waals surface area contributed by atoms with E-state index >= 15 is 0 Å². The van der Waals surface area contributed by atoms with E-state index < -0.39 is 0 Å². The number of hydrogen-bond donors (Lipinski definition) is 1. The number of unbranched alkanes of at least 4 members (excludes halogenated alkanes) is 1. The molecule has 0 radical (unpaired) electrons. The van der Waals surface area contributed by atoms with E-state index in [1.807, 2.05) is 18.2 Å². The lowest BCUT2D eigenvalue weighted by Gasteiger charge is -2.28. The summed E-state index contributed by atoms with van der Waals surface area (Å²) in [6.45, 7) is 0.602. The first-order valence-electron chi connectivity index (χ1n) is 5.55. The summed E-state index contributed by atoms with van der Waals surface area (Å²) in [5.41, 5.74) is 2.43. The highest BCUT2D eigenvalue weighted by Crippen LogP contribution is 2.34. The molecule has 82 valence electrons. The first-order valence-corrected chi connectivity index (χ1v) is 5.55. The highest BCUT2D eigenvalue weighted by atomic mass is 16.1. The molecular weight excluding hydrogens is 200 g/mol. The number of fused-ring (bicyclic) bond motifs is 1. The van der Waals surface area contributed by atoms with Crippen molar-refractivity contribution in [3.63, 3.8) is 0 Å². The van der Waals surface area contributed by atoms with Gasteiger partial charge in [-0.3, -0.25) is 4.79 Å². The Labute approximate surface area is 95.1 Å². The summed E-state index contributed by atoms with van der Waals surface area (Å²) in [4.78, 5) is 11.8. The van der Waals surface area contributed by atoms with Gasteiger partial charge >= 0.3 is 0 Å². The molecule has 1 aromatic rings. The maximum Gasteiger partial charge on any atom is 0.227 e. The Morgan fingerprint density at radius 1 is 1.50 bits per heavy atom. The second kappa shape index (κ2) is 4.80. The summed E-state index contributed by atoms with van der Waals surface area (Å²) in [6.07, 6.45) is 2.08. The molecule has 0 saturated heterocycles. The number of benzene rings is 1. The van der Waals surface area contributed by atoms with Gasteiger partial charge in [-0.2, -0.15) is 5.26 Å². The monoisotopic (exact) mass is 214 g/mol. The number of nitriles is 1. The summed E-state index contributed by atoms with van der Waals surface area (Å²) in [7, 11) is 0. The van der Waals surface area contributed by atoms with E-state index in [4.69, 9.17) is 5.26 Å². The van der Waals surface area contributed by atoms with Gasteiger partial charge in [0.25, 0.3) is 0 Å². The van der Waals surface area contributed by atoms with Gasteiger partial charge in [-0.05, 0) is 24.0 Å². The summed E-state index contributed by atoms with van der Waals surface area (Å²) in [6, 6.07) is 10.1. The first-order chi connectivity index (χ1) is 7.83. The molecule has 16 heavy (non-hydrogen) atoms. The molecule has 1 atom stereocenters. The number of carbonyl (C=O) groups excluding carboxylic acids is 1. The average molecular weight is 214 g/mol. The molecule has 2 rings (SSSR count). The van der Waals surface area contributed by atoms with E-state index in [1.54, 1.807) is 0 Å². The van der Waals surface area contributed by atoms with Gasteiger partial charge in [-0.25, -0.2) is 0 Å². The lowest BCUT2D eigenvalue weighted by Crippen LogP contribution is -2.35. The number of amides is 1. The minimum Gasteiger partial charge on any atom is -0.356 e. The zero-order valence-corrected chi connectivity index (χ0v) is 9.07. The van der Waals surface area contributed by atoms with E-state index in [2.05, 4.69) is 17.5 Å². The average Bonchev–Trinajstić information content (AvgIpc) is 2.26. The van der Waals surface area contributed by atoms with E-state index in [0.717, 1.165) is 18.4 Å². The fourth-order valence-electron chi connectivity index (χ4n) is 1.99. The maximum atomic E-state index is 11.8. The van der Waals surface area contributed by atoms with Crippen LogP contribution in [-0.2, 0) is 11.2 Å². The Morgan fingerprint density at radius 3 is 3.06 bits per heavy atom. The topological polar surface area (TPSA) is 52.9 Å². The Bertz CT molecular complexity index is 434. The minimum atomic E-state index is 0.0262. The van der Waals surface area contributed by atoms with E-state index in [-0.39, 0.29) is 11.8 Å². The van der Waals surface area contributed by atoms with Crippen LogP contribution in [0.2, 0.25) is 0 Å². The molecule has 1 aliphatic carbocycles. The molecule has 0 heterocycles. The normalized spacial score (nSPS) is 16.8. The Kier molecular flexibility index (Phi) is 3.21. The van der Waals surface area contributed by atoms with Gasteiger partial charge in [-0.1, -0.05) is 24.3 Å². The van der Waals surface area contributed by atoms with Crippen LogP contribution < -0.4 is 5.32 Å². The van der Waals surface area contributed by atoms with Crippen LogP contribution in [0.4, 0.5) is 0 Å². The van der Waals surface area contributed by atoms with E-state index in [0.29, 0.717) is 13.0 Å². The molecule has 0 aromatic heterocycles. The number of carbonyl (C=O) groups is 1. The number of rotatable bonds is 4. The summed E-state index contributed by atoms with van der Waals surface area (Å²) >= 11 is 0. The van der Waals surface area contributed by atoms with Crippen LogP contribution in [0.25, 0.3) is 0 Å². The predicted octanol–water partition coefficient (Wildman–Crippen LogP) is 1.75. The molecule has 0 aliphatic heterocycles. The van der Waals surface area contributed by atoms with Crippen LogP contribution >= 0.6 is 0 Å². The van der Waals surface area contributed by atoms with Crippen LogP contribution in [0.1, 0.15) is 29.9 Å². The molecule has 1 N–H and O–H groups in total. The van der Waals surface area contributed by atoms with Crippen LogP contribution in [0.15, 0.2) is 24.3 Å². The van der Waals surface area contributed by atoms with Crippen molar-refractivity contribution in [3.05, 3.63) is 35.4 Å². The molecule has 0 bridgehead atoms. The van der Waals surface area contributed by atoms with Gasteiger partial charge in [0.15, 0.2) is 0 Å². The van der Waals surface area contributed by atoms with Crippen molar-refractivity contribution in [3.8, 4) is 6.07 Å². The largest absolute Gasteiger partial charge is 0.356 e. The SMILES string of the molecule is N#CCCCNC(=O)C1Cc2ccccc21. The smallest absolute Gasteiger partial charge is 0.227 e. The fraction of sp³-hybridized carbons (Fsp3) is 0.385. The van der Waals surface area contributed by atoms with Crippen molar-refractivity contribution < 1.29 is 4.79 Å². The molecule has 3 heteroatoms. The van der Waals surface area contributed by atoms with Gasteiger partial charge in [0.1, 0.15) is 0 Å². The zero-order chi connectivity index (χ0) is 11.4. The molecule has 1 aliphatic rings. The molecule has 1 aromatic carbocycles. The summed E-state index contributed by atoms with van der Waals surface area (Å²) < 4.78 is 0. The predicted molar refractivity (Wildman–Crippen MR) is 60.7 cm³/mol. The highest BCUT2D eigenvalue weighted by Gasteiger charge is 2.31. The van der Waals surface area contributed by atoms with Crippen molar-refractivity contribution in [1.29, 1.82) is 5.26 Å². The number of hydrogen-bond acceptors (Lipinski definition) is 2. The molecular formula is C13H14N2O. The minimum absolute atomic E-state index is 0.0262. The Hall–Kier alpha value is -1.82. The second-order valence-electron chi connectivity index (χ2n) is 4.01. The van der Waals surface area contributed by atoms with Crippen LogP contribution in [0.5, 0.6) is 0 Å². The molecule has 0 spiro atoms. The van der Waals surface area contributed by atoms with Crippen molar-refractivity contribution in [2.75, 3.05) is 6.54 Å². The first kappa shape index (κ1) is 10.7. The molecule has 3 nitrogen and oxygen atoms in total. The summed E-state index contributed by atoms with van der Waals surface area (Å²) in [5.74, 6) is 0.120. The molecule has 0 saturated carbocycles. The molecule has 1 amide bonds. The van der Waals surface area contributed by atoms with Gasteiger partial charge in [0.2, 0.25) is 5.91 Å². The van der Waals surface area contributed by atoms with Gasteiger partial charge in [0.05, 0.1) is 12.0 Å². The van der Waals surface area contributed by atoms with Gasteiger partial charge < -0.3 is 5.32 Å². The Balaban J connectivity index is 1.83. The standard InChI is InChI=1S/C13H14N2O/c14-7-3-4-8-15-13(16)12-9-10-5-1-2-6-11(10)12/h1-2,5-6,12H,3-4,8-9H2,(H,15,16).